The van der Waals surface area contributed by atoms with Crippen molar-refractivity contribution in [1.29, 1.82) is 0 Å². The van der Waals surface area contributed by atoms with Crippen LogP contribution in [0.3, 0.4) is 0 Å². The average molecular weight is 358 g/mol. The van der Waals surface area contributed by atoms with Crippen LogP contribution in [-0.2, 0) is 6.54 Å². The molecule has 0 atom stereocenters. The van der Waals surface area contributed by atoms with Crippen molar-refractivity contribution < 1.29 is 4.79 Å². The van der Waals surface area contributed by atoms with Gasteiger partial charge in [-0.15, -0.1) is 0 Å². The molecular weight excluding hydrogens is 340 g/mol. The van der Waals surface area contributed by atoms with E-state index in [2.05, 4.69) is 25.3 Å². The molecule has 4 rings (SSSR count). The molecule has 0 unspecified atom stereocenters. The highest BCUT2D eigenvalue weighted by molar-refractivity contribution is 5.94. The lowest BCUT2D eigenvalue weighted by atomic mass is 10.2. The lowest BCUT2D eigenvalue weighted by molar-refractivity contribution is 0.0949. The molecule has 0 radical (unpaired) electrons. The summed E-state index contributed by atoms with van der Waals surface area (Å²) in [4.78, 5) is 29.4. The van der Waals surface area contributed by atoms with E-state index >= 15 is 0 Å². The molecule has 1 N–H and O–H groups in total. The molecule has 0 aliphatic rings. The molecule has 0 saturated heterocycles. The number of fused-ring (bicyclic) bond motifs is 1. The largest absolute Gasteiger partial charge is 0.348 e. The minimum Gasteiger partial charge on any atom is -0.348 e. The molecule has 7 nitrogen and oxygen atoms in total. The average Bonchev–Trinajstić information content (AvgIpc) is 3.03. The van der Waals surface area contributed by atoms with Gasteiger partial charge in [-0.1, -0.05) is 12.1 Å². The molecule has 7 heteroatoms. The van der Waals surface area contributed by atoms with Crippen LogP contribution in [0.25, 0.3) is 17.0 Å². The Bertz CT molecular complexity index is 1120. The molecule has 0 aliphatic heterocycles. The number of pyridine rings is 2. The van der Waals surface area contributed by atoms with E-state index in [1.807, 2.05) is 47.9 Å². The third kappa shape index (κ3) is 3.27. The monoisotopic (exact) mass is 358 g/mol. The summed E-state index contributed by atoms with van der Waals surface area (Å²) in [7, 11) is 0. The topological polar surface area (TPSA) is 85.1 Å². The summed E-state index contributed by atoms with van der Waals surface area (Å²) >= 11 is 0. The highest BCUT2D eigenvalue weighted by atomic mass is 16.1. The summed E-state index contributed by atoms with van der Waals surface area (Å²) in [5, 5.41) is 2.91. The van der Waals surface area contributed by atoms with Crippen LogP contribution < -0.4 is 5.32 Å². The first-order valence-corrected chi connectivity index (χ1v) is 8.57. The van der Waals surface area contributed by atoms with Crippen molar-refractivity contribution in [3.8, 4) is 11.4 Å². The number of carbonyl (C=O) groups is 1. The fraction of sp³-hybridized carbons (Fsp3) is 0.150. The van der Waals surface area contributed by atoms with Crippen LogP contribution in [0.15, 0.2) is 55.2 Å². The Labute approximate surface area is 156 Å². The van der Waals surface area contributed by atoms with E-state index in [0.717, 1.165) is 28.3 Å². The fourth-order valence-electron chi connectivity index (χ4n) is 2.95. The summed E-state index contributed by atoms with van der Waals surface area (Å²) < 4.78 is 2.02. The van der Waals surface area contributed by atoms with Crippen molar-refractivity contribution >= 4 is 11.6 Å². The number of carbonyl (C=O) groups excluding carboxylic acids is 1. The van der Waals surface area contributed by atoms with Gasteiger partial charge >= 0.3 is 0 Å². The van der Waals surface area contributed by atoms with E-state index in [0.29, 0.717) is 17.8 Å². The fourth-order valence-corrected chi connectivity index (χ4v) is 2.95. The molecule has 134 valence electrons. The van der Waals surface area contributed by atoms with Gasteiger partial charge in [0.1, 0.15) is 17.7 Å². The van der Waals surface area contributed by atoms with E-state index in [1.165, 1.54) is 12.5 Å². The van der Waals surface area contributed by atoms with Crippen LogP contribution in [0, 0.1) is 13.8 Å². The maximum absolute atomic E-state index is 12.3. The van der Waals surface area contributed by atoms with Crippen molar-refractivity contribution in [2.24, 2.45) is 0 Å². The van der Waals surface area contributed by atoms with Crippen LogP contribution in [0.5, 0.6) is 0 Å². The van der Waals surface area contributed by atoms with Crippen LogP contribution in [0.4, 0.5) is 0 Å². The standard InChI is InChI=1S/C20H18N6O/c1-13-16(10-21-12-24-13)20(27)23-9-15-6-7-18-25-19(14(2)26(18)11-15)17-5-3-4-8-22-17/h3-8,10-12H,9H2,1-2H3,(H,23,27). The zero-order valence-electron chi connectivity index (χ0n) is 15.0. The molecule has 0 aromatic carbocycles. The number of rotatable bonds is 4. The van der Waals surface area contributed by atoms with Gasteiger partial charge in [0, 0.05) is 30.8 Å². The maximum Gasteiger partial charge on any atom is 0.254 e. The van der Waals surface area contributed by atoms with Gasteiger partial charge in [-0.3, -0.25) is 9.78 Å². The second-order valence-corrected chi connectivity index (χ2v) is 6.23. The van der Waals surface area contributed by atoms with E-state index in [4.69, 9.17) is 0 Å². The van der Waals surface area contributed by atoms with Gasteiger partial charge < -0.3 is 9.72 Å². The maximum atomic E-state index is 12.3. The smallest absolute Gasteiger partial charge is 0.254 e. The first-order chi connectivity index (χ1) is 13.1. The number of nitrogens with zero attached hydrogens (tertiary/aromatic N) is 5. The summed E-state index contributed by atoms with van der Waals surface area (Å²) in [6, 6.07) is 9.67. The molecule has 0 aliphatic carbocycles. The minimum atomic E-state index is -0.190. The Morgan fingerprint density at radius 2 is 2.04 bits per heavy atom. The lowest BCUT2D eigenvalue weighted by Gasteiger charge is -2.07. The summed E-state index contributed by atoms with van der Waals surface area (Å²) in [5.74, 6) is -0.190. The second-order valence-electron chi connectivity index (χ2n) is 6.23. The van der Waals surface area contributed by atoms with Gasteiger partial charge in [0.2, 0.25) is 0 Å². The number of imidazole rings is 1. The number of hydrogen-bond donors (Lipinski definition) is 1. The predicted octanol–water partition coefficient (Wildman–Crippen LogP) is 2.73. The Balaban J connectivity index is 1.58. The van der Waals surface area contributed by atoms with Gasteiger partial charge in [0.05, 0.1) is 17.0 Å². The third-order valence-electron chi connectivity index (χ3n) is 4.44. The summed E-state index contributed by atoms with van der Waals surface area (Å²) in [6.45, 7) is 4.20. The number of aryl methyl sites for hydroxylation is 2. The van der Waals surface area contributed by atoms with Gasteiger partial charge in [-0.25, -0.2) is 15.0 Å². The first kappa shape index (κ1) is 16.8. The van der Waals surface area contributed by atoms with Gasteiger partial charge in [-0.05, 0) is 37.6 Å². The highest BCUT2D eigenvalue weighted by Gasteiger charge is 2.13. The molecule has 27 heavy (non-hydrogen) atoms. The Morgan fingerprint density at radius 1 is 1.15 bits per heavy atom. The van der Waals surface area contributed by atoms with E-state index in [9.17, 15) is 4.79 Å². The van der Waals surface area contributed by atoms with E-state index < -0.39 is 0 Å². The molecule has 4 heterocycles. The SMILES string of the molecule is Cc1ncncc1C(=O)NCc1ccc2nc(-c3ccccn3)c(C)n2c1. The highest BCUT2D eigenvalue weighted by Crippen LogP contribution is 2.22. The van der Waals surface area contributed by atoms with E-state index in [1.54, 1.807) is 13.1 Å². The van der Waals surface area contributed by atoms with Gasteiger partial charge in [0.15, 0.2) is 0 Å². The van der Waals surface area contributed by atoms with Crippen molar-refractivity contribution in [3.63, 3.8) is 0 Å². The van der Waals surface area contributed by atoms with Crippen molar-refractivity contribution in [2.75, 3.05) is 0 Å². The van der Waals surface area contributed by atoms with Crippen LogP contribution in [-0.4, -0.2) is 30.2 Å². The number of aromatic nitrogens is 5. The number of hydrogen-bond acceptors (Lipinski definition) is 5. The third-order valence-corrected chi connectivity index (χ3v) is 4.44. The van der Waals surface area contributed by atoms with E-state index in [-0.39, 0.29) is 5.91 Å². The molecule has 4 aromatic heterocycles. The lowest BCUT2D eigenvalue weighted by Crippen LogP contribution is -2.24. The molecule has 0 spiro atoms. The summed E-state index contributed by atoms with van der Waals surface area (Å²) in [5.41, 5.74) is 5.65. The van der Waals surface area contributed by atoms with Crippen LogP contribution >= 0.6 is 0 Å². The second kappa shape index (κ2) is 6.95. The molecule has 1 amide bonds. The van der Waals surface area contributed by atoms with Crippen LogP contribution in [0.1, 0.15) is 27.3 Å². The molecule has 4 aromatic rings. The quantitative estimate of drug-likeness (QED) is 0.606. The van der Waals surface area contributed by atoms with Gasteiger partial charge in [0.25, 0.3) is 5.91 Å². The predicted molar refractivity (Wildman–Crippen MR) is 101 cm³/mol. The zero-order valence-corrected chi connectivity index (χ0v) is 15.0. The van der Waals surface area contributed by atoms with Crippen molar-refractivity contribution in [3.05, 3.63) is 77.8 Å². The van der Waals surface area contributed by atoms with Crippen LogP contribution in [0.2, 0.25) is 0 Å². The zero-order chi connectivity index (χ0) is 18.8. The number of nitrogens with one attached hydrogen (secondary N) is 1. The molecule has 0 saturated carbocycles. The molecule has 0 bridgehead atoms. The Morgan fingerprint density at radius 3 is 2.81 bits per heavy atom. The van der Waals surface area contributed by atoms with Gasteiger partial charge in [-0.2, -0.15) is 0 Å². The first-order valence-electron chi connectivity index (χ1n) is 8.57. The summed E-state index contributed by atoms with van der Waals surface area (Å²) in [6.07, 6.45) is 6.70. The van der Waals surface area contributed by atoms with Crippen molar-refractivity contribution in [1.82, 2.24) is 29.7 Å². The Hall–Kier alpha value is -3.61. The normalized spacial score (nSPS) is 10.9. The molecular formula is C20H18N6O. The number of amides is 1. The van der Waals surface area contributed by atoms with Crippen molar-refractivity contribution in [2.45, 2.75) is 20.4 Å². The molecule has 0 fully saturated rings. The Kier molecular flexibility index (Phi) is 4.33. The minimum absolute atomic E-state index is 0.190.